The number of amides is 1. The van der Waals surface area contributed by atoms with Gasteiger partial charge in [-0.15, -0.1) is 0 Å². The molecule has 0 atom stereocenters. The summed E-state index contributed by atoms with van der Waals surface area (Å²) in [5.74, 6) is -0.380. The lowest BCUT2D eigenvalue weighted by atomic mass is 10.0. The number of anilines is 2. The largest absolute Gasteiger partial charge is 0.372 e. The summed E-state index contributed by atoms with van der Waals surface area (Å²) in [6, 6.07) is 14.0. The van der Waals surface area contributed by atoms with Crippen LogP contribution >= 0.6 is 0 Å². The standard InChI is InChI=1S/C23H25N3O/c1-16-7-6-8-22(18(16)3)25-23(27)20(15-24)14-19-9-10-21(13-17(19)2)26-11-4-5-12-26/h6-10,13-14H,4-5,11-12H2,1-3H3,(H,25,27)/b20-14-. The van der Waals surface area contributed by atoms with E-state index < -0.39 is 0 Å². The lowest BCUT2D eigenvalue weighted by Crippen LogP contribution is -2.17. The molecule has 4 nitrogen and oxygen atoms in total. The first-order chi connectivity index (χ1) is 13.0. The topological polar surface area (TPSA) is 56.1 Å². The van der Waals surface area contributed by atoms with Gasteiger partial charge in [0.1, 0.15) is 11.6 Å². The zero-order valence-electron chi connectivity index (χ0n) is 16.2. The summed E-state index contributed by atoms with van der Waals surface area (Å²) < 4.78 is 0. The van der Waals surface area contributed by atoms with Gasteiger partial charge in [0.05, 0.1) is 0 Å². The van der Waals surface area contributed by atoms with Gasteiger partial charge in [0.2, 0.25) is 0 Å². The highest BCUT2D eigenvalue weighted by atomic mass is 16.1. The molecule has 27 heavy (non-hydrogen) atoms. The van der Waals surface area contributed by atoms with Gasteiger partial charge in [-0.05, 0) is 80.1 Å². The fourth-order valence-corrected chi connectivity index (χ4v) is 3.37. The maximum atomic E-state index is 12.6. The third-order valence-electron chi connectivity index (χ3n) is 5.24. The number of carbonyl (C=O) groups excluding carboxylic acids is 1. The van der Waals surface area contributed by atoms with Crippen molar-refractivity contribution in [2.45, 2.75) is 33.6 Å². The van der Waals surface area contributed by atoms with Crippen LogP contribution in [0.5, 0.6) is 0 Å². The first kappa shape index (κ1) is 18.7. The number of hydrogen-bond acceptors (Lipinski definition) is 3. The summed E-state index contributed by atoms with van der Waals surface area (Å²) in [4.78, 5) is 15.0. The number of aryl methyl sites for hydroxylation is 2. The predicted molar refractivity (Wildman–Crippen MR) is 111 cm³/mol. The van der Waals surface area contributed by atoms with Crippen molar-refractivity contribution < 1.29 is 4.79 Å². The highest BCUT2D eigenvalue weighted by Gasteiger charge is 2.14. The van der Waals surface area contributed by atoms with E-state index in [1.54, 1.807) is 6.08 Å². The maximum absolute atomic E-state index is 12.6. The summed E-state index contributed by atoms with van der Waals surface area (Å²) in [5.41, 5.74) is 6.12. The molecule has 0 spiro atoms. The van der Waals surface area contributed by atoms with E-state index in [1.165, 1.54) is 18.5 Å². The Kier molecular flexibility index (Phi) is 5.61. The van der Waals surface area contributed by atoms with Crippen molar-refractivity contribution in [2.24, 2.45) is 0 Å². The minimum absolute atomic E-state index is 0.105. The van der Waals surface area contributed by atoms with Gasteiger partial charge in [0.25, 0.3) is 5.91 Å². The first-order valence-corrected chi connectivity index (χ1v) is 9.34. The lowest BCUT2D eigenvalue weighted by Gasteiger charge is -2.18. The molecular weight excluding hydrogens is 334 g/mol. The molecule has 0 aliphatic carbocycles. The molecule has 1 N–H and O–H groups in total. The molecule has 1 aliphatic heterocycles. The van der Waals surface area contributed by atoms with Gasteiger partial charge in [-0.1, -0.05) is 18.2 Å². The Labute approximate surface area is 161 Å². The number of nitrogens with one attached hydrogen (secondary N) is 1. The molecule has 1 amide bonds. The molecule has 1 heterocycles. The van der Waals surface area contributed by atoms with Gasteiger partial charge < -0.3 is 10.2 Å². The molecule has 3 rings (SSSR count). The minimum Gasteiger partial charge on any atom is -0.372 e. The zero-order chi connectivity index (χ0) is 19.4. The summed E-state index contributed by atoms with van der Waals surface area (Å²) in [7, 11) is 0. The molecule has 4 heteroatoms. The quantitative estimate of drug-likeness (QED) is 0.633. The van der Waals surface area contributed by atoms with Crippen LogP contribution in [0.2, 0.25) is 0 Å². The molecule has 1 aliphatic rings. The minimum atomic E-state index is -0.380. The average Bonchev–Trinajstić information content (AvgIpc) is 3.19. The number of nitrogens with zero attached hydrogens (tertiary/aromatic N) is 2. The van der Waals surface area contributed by atoms with Crippen LogP contribution in [-0.4, -0.2) is 19.0 Å². The number of nitriles is 1. The molecule has 0 radical (unpaired) electrons. The van der Waals surface area contributed by atoms with Crippen molar-refractivity contribution in [3.63, 3.8) is 0 Å². The predicted octanol–water partition coefficient (Wildman–Crippen LogP) is 4.76. The van der Waals surface area contributed by atoms with Crippen molar-refractivity contribution in [2.75, 3.05) is 23.3 Å². The van der Waals surface area contributed by atoms with E-state index in [4.69, 9.17) is 0 Å². The molecule has 0 bridgehead atoms. The van der Waals surface area contributed by atoms with Gasteiger partial charge in [-0.25, -0.2) is 0 Å². The van der Waals surface area contributed by atoms with E-state index in [0.717, 1.165) is 41.0 Å². The van der Waals surface area contributed by atoms with Gasteiger partial charge >= 0.3 is 0 Å². The van der Waals surface area contributed by atoms with E-state index in [0.29, 0.717) is 0 Å². The van der Waals surface area contributed by atoms with Crippen LogP contribution in [0.3, 0.4) is 0 Å². The van der Waals surface area contributed by atoms with Gasteiger partial charge in [0, 0.05) is 24.5 Å². The first-order valence-electron chi connectivity index (χ1n) is 9.34. The van der Waals surface area contributed by atoms with Crippen molar-refractivity contribution >= 4 is 23.4 Å². The Bertz CT molecular complexity index is 931. The molecule has 138 valence electrons. The van der Waals surface area contributed by atoms with Crippen LogP contribution in [0, 0.1) is 32.1 Å². The van der Waals surface area contributed by atoms with Crippen molar-refractivity contribution in [3.8, 4) is 6.07 Å². The zero-order valence-corrected chi connectivity index (χ0v) is 16.2. The van der Waals surface area contributed by atoms with Crippen LogP contribution in [0.4, 0.5) is 11.4 Å². The molecular formula is C23H25N3O. The van der Waals surface area contributed by atoms with E-state index in [9.17, 15) is 10.1 Å². The highest BCUT2D eigenvalue weighted by Crippen LogP contribution is 2.25. The third-order valence-corrected chi connectivity index (χ3v) is 5.24. The Morgan fingerprint density at radius 3 is 2.52 bits per heavy atom. The van der Waals surface area contributed by atoms with Crippen LogP contribution < -0.4 is 10.2 Å². The second-order valence-electron chi connectivity index (χ2n) is 7.11. The van der Waals surface area contributed by atoms with E-state index in [-0.39, 0.29) is 11.5 Å². The molecule has 1 fully saturated rings. The fraction of sp³-hybridized carbons (Fsp3) is 0.304. The summed E-state index contributed by atoms with van der Waals surface area (Å²) in [6.07, 6.45) is 4.14. The van der Waals surface area contributed by atoms with Crippen LogP contribution in [0.1, 0.15) is 35.1 Å². The third kappa shape index (κ3) is 4.20. The van der Waals surface area contributed by atoms with Crippen molar-refractivity contribution in [1.29, 1.82) is 5.26 Å². The number of benzene rings is 2. The average molecular weight is 359 g/mol. The number of hydrogen-bond donors (Lipinski definition) is 1. The monoisotopic (exact) mass is 359 g/mol. The second kappa shape index (κ2) is 8.09. The lowest BCUT2D eigenvalue weighted by molar-refractivity contribution is -0.112. The number of rotatable bonds is 4. The molecule has 0 aromatic heterocycles. The SMILES string of the molecule is Cc1cc(N2CCCC2)ccc1/C=C(/C#N)C(=O)Nc1cccc(C)c1C. The van der Waals surface area contributed by atoms with Gasteiger partial charge in [-0.3, -0.25) is 4.79 Å². The molecule has 1 saturated heterocycles. The second-order valence-corrected chi connectivity index (χ2v) is 7.11. The number of carbonyl (C=O) groups is 1. The highest BCUT2D eigenvalue weighted by molar-refractivity contribution is 6.10. The smallest absolute Gasteiger partial charge is 0.266 e. The van der Waals surface area contributed by atoms with Crippen LogP contribution in [-0.2, 0) is 4.79 Å². The molecule has 2 aromatic carbocycles. The molecule has 0 unspecified atom stereocenters. The van der Waals surface area contributed by atoms with Crippen molar-refractivity contribution in [3.05, 3.63) is 64.2 Å². The van der Waals surface area contributed by atoms with Gasteiger partial charge in [-0.2, -0.15) is 5.26 Å². The van der Waals surface area contributed by atoms with E-state index >= 15 is 0 Å². The van der Waals surface area contributed by atoms with E-state index in [1.807, 2.05) is 51.1 Å². The van der Waals surface area contributed by atoms with Crippen molar-refractivity contribution in [1.82, 2.24) is 0 Å². The van der Waals surface area contributed by atoms with Crippen LogP contribution in [0.15, 0.2) is 42.0 Å². The summed E-state index contributed by atoms with van der Waals surface area (Å²) >= 11 is 0. The van der Waals surface area contributed by atoms with Gasteiger partial charge in [0.15, 0.2) is 0 Å². The summed E-state index contributed by atoms with van der Waals surface area (Å²) in [6.45, 7) is 8.16. The Morgan fingerprint density at radius 1 is 1.11 bits per heavy atom. The van der Waals surface area contributed by atoms with E-state index in [2.05, 4.69) is 22.3 Å². The molecule has 0 saturated carbocycles. The maximum Gasteiger partial charge on any atom is 0.266 e. The fourth-order valence-electron chi connectivity index (χ4n) is 3.37. The Balaban J connectivity index is 1.82. The summed E-state index contributed by atoms with van der Waals surface area (Å²) in [5, 5.41) is 12.4. The molecule has 2 aromatic rings. The Hall–Kier alpha value is -3.06. The van der Waals surface area contributed by atoms with Crippen LogP contribution in [0.25, 0.3) is 6.08 Å². The normalized spacial score (nSPS) is 14.1. The Morgan fingerprint density at radius 2 is 1.85 bits per heavy atom.